The molecule has 2 N–H and O–H groups in total. The third kappa shape index (κ3) is 25.1. The highest BCUT2D eigenvalue weighted by molar-refractivity contribution is 5.66. The van der Waals surface area contributed by atoms with E-state index in [-0.39, 0.29) is 13.0 Å². The lowest BCUT2D eigenvalue weighted by Crippen LogP contribution is -2.22. The molecular formula is C17H35NO10. The molecule has 0 aromatic carbocycles. The Bertz CT molecular complexity index is 322. The minimum Gasteiger partial charge on any atom is -0.481 e. The summed E-state index contributed by atoms with van der Waals surface area (Å²) >= 11 is 0. The van der Waals surface area contributed by atoms with E-state index in [1.165, 1.54) is 0 Å². The van der Waals surface area contributed by atoms with Gasteiger partial charge in [0.2, 0.25) is 0 Å². The fourth-order valence-electron chi connectivity index (χ4n) is 1.61. The van der Waals surface area contributed by atoms with Crippen molar-refractivity contribution in [2.45, 2.75) is 6.42 Å². The highest BCUT2D eigenvalue weighted by Gasteiger charge is 1.96. The van der Waals surface area contributed by atoms with Gasteiger partial charge in [0.25, 0.3) is 0 Å². The Labute approximate surface area is 166 Å². The van der Waals surface area contributed by atoms with E-state index < -0.39 is 5.97 Å². The van der Waals surface area contributed by atoms with Crippen molar-refractivity contribution in [1.82, 2.24) is 5.48 Å². The summed E-state index contributed by atoms with van der Waals surface area (Å²) in [6.07, 6.45) is 0.00450. The molecular weight excluding hydrogens is 378 g/mol. The third-order valence-electron chi connectivity index (χ3n) is 2.97. The first-order chi connectivity index (χ1) is 13.8. The second-order valence-corrected chi connectivity index (χ2v) is 5.24. The fraction of sp³-hybridized carbons (Fsp3) is 0.941. The molecule has 28 heavy (non-hydrogen) atoms. The number of carboxylic acids is 1. The van der Waals surface area contributed by atoms with Crippen molar-refractivity contribution >= 4 is 5.97 Å². The maximum Gasteiger partial charge on any atom is 0.305 e. The van der Waals surface area contributed by atoms with Crippen molar-refractivity contribution in [3.05, 3.63) is 0 Å². The van der Waals surface area contributed by atoms with Crippen LogP contribution in [0.5, 0.6) is 0 Å². The van der Waals surface area contributed by atoms with Crippen LogP contribution >= 0.6 is 0 Å². The third-order valence-corrected chi connectivity index (χ3v) is 2.97. The maximum atomic E-state index is 10.3. The Morgan fingerprint density at radius 1 is 0.643 bits per heavy atom. The van der Waals surface area contributed by atoms with E-state index in [0.29, 0.717) is 86.0 Å². The molecule has 0 atom stereocenters. The van der Waals surface area contributed by atoms with E-state index in [4.69, 9.17) is 43.1 Å². The van der Waals surface area contributed by atoms with E-state index in [0.717, 1.165) is 0 Å². The van der Waals surface area contributed by atoms with Gasteiger partial charge in [-0.25, -0.2) is 0 Å². The van der Waals surface area contributed by atoms with Crippen LogP contribution in [-0.2, 0) is 42.8 Å². The maximum absolute atomic E-state index is 10.3. The molecule has 0 saturated carbocycles. The first-order valence-electron chi connectivity index (χ1n) is 9.29. The molecule has 0 unspecified atom stereocenters. The molecule has 168 valence electrons. The number of hydroxylamine groups is 1. The van der Waals surface area contributed by atoms with Crippen LogP contribution in [0.1, 0.15) is 6.42 Å². The zero-order valence-corrected chi connectivity index (χ0v) is 16.7. The Balaban J connectivity index is 2.99. The first-order valence-corrected chi connectivity index (χ1v) is 9.29. The van der Waals surface area contributed by atoms with Gasteiger partial charge in [-0.1, -0.05) is 0 Å². The summed E-state index contributed by atoms with van der Waals surface area (Å²) in [4.78, 5) is 15.3. The molecule has 0 aromatic heterocycles. The number of carbonyl (C=O) groups is 1. The number of hydrogen-bond acceptors (Lipinski definition) is 10. The lowest BCUT2D eigenvalue weighted by Gasteiger charge is -2.08. The molecule has 0 spiro atoms. The molecule has 0 fully saturated rings. The minimum absolute atomic E-state index is 0.00450. The van der Waals surface area contributed by atoms with Crippen LogP contribution in [0.25, 0.3) is 0 Å². The minimum atomic E-state index is -0.870. The van der Waals surface area contributed by atoms with E-state index in [1.807, 2.05) is 0 Å². The number of carboxylic acid groups (broad SMARTS) is 1. The van der Waals surface area contributed by atoms with Gasteiger partial charge in [-0.15, -0.1) is 0 Å². The number of rotatable bonds is 24. The van der Waals surface area contributed by atoms with Crippen molar-refractivity contribution in [3.63, 3.8) is 0 Å². The van der Waals surface area contributed by atoms with Gasteiger partial charge in [-0.3, -0.25) is 9.63 Å². The Morgan fingerprint density at radius 2 is 1.07 bits per heavy atom. The first kappa shape index (κ1) is 27.1. The van der Waals surface area contributed by atoms with Gasteiger partial charge >= 0.3 is 5.97 Å². The van der Waals surface area contributed by atoms with E-state index in [2.05, 4.69) is 5.48 Å². The molecule has 11 heteroatoms. The standard InChI is InChI=1S/C17H35NO10/c1-21-4-15-28-18-16-27-14-13-26-12-11-25-10-9-24-8-7-23-6-5-22-3-2-17(19)20/h18H,2-16H2,1H3,(H,19,20). The summed E-state index contributed by atoms with van der Waals surface area (Å²) < 4.78 is 36.5. The largest absolute Gasteiger partial charge is 0.481 e. The van der Waals surface area contributed by atoms with Crippen LogP contribution in [0, 0.1) is 0 Å². The van der Waals surface area contributed by atoms with Crippen LogP contribution < -0.4 is 5.48 Å². The van der Waals surface area contributed by atoms with Crippen LogP contribution in [0.4, 0.5) is 0 Å². The average Bonchev–Trinajstić information content (AvgIpc) is 2.68. The molecule has 0 rings (SSSR count). The lowest BCUT2D eigenvalue weighted by molar-refractivity contribution is -0.138. The summed E-state index contributed by atoms with van der Waals surface area (Å²) in [5.74, 6) is -0.870. The van der Waals surface area contributed by atoms with Gasteiger partial charge in [0, 0.05) is 7.11 Å². The van der Waals surface area contributed by atoms with E-state index >= 15 is 0 Å². The van der Waals surface area contributed by atoms with Crippen molar-refractivity contribution in [1.29, 1.82) is 0 Å². The Hall–Kier alpha value is -0.890. The molecule has 0 aliphatic carbocycles. The van der Waals surface area contributed by atoms with E-state index in [9.17, 15) is 4.79 Å². The van der Waals surface area contributed by atoms with Gasteiger partial charge in [0.15, 0.2) is 0 Å². The van der Waals surface area contributed by atoms with Gasteiger partial charge in [0.05, 0.1) is 92.3 Å². The summed E-state index contributed by atoms with van der Waals surface area (Å²) in [5, 5.41) is 8.43. The van der Waals surface area contributed by atoms with Gasteiger partial charge in [-0.05, 0) is 0 Å². The molecule has 0 aromatic rings. The fourth-order valence-corrected chi connectivity index (χ4v) is 1.61. The quantitative estimate of drug-likeness (QED) is 0.123. The van der Waals surface area contributed by atoms with Crippen molar-refractivity contribution in [2.24, 2.45) is 0 Å². The predicted octanol–water partition coefficient (Wildman–Crippen LogP) is -0.314. The number of ether oxygens (including phenoxy) is 7. The zero-order valence-electron chi connectivity index (χ0n) is 16.7. The molecule has 0 radical (unpaired) electrons. The SMILES string of the molecule is COCCONCOCCOCCOCCOCCOCCOCCC(=O)O. The zero-order chi connectivity index (χ0) is 20.5. The van der Waals surface area contributed by atoms with Crippen molar-refractivity contribution in [2.75, 3.05) is 99.7 Å². The lowest BCUT2D eigenvalue weighted by atomic mass is 10.5. The summed E-state index contributed by atoms with van der Waals surface area (Å²) in [7, 11) is 1.61. The molecule has 0 amide bonds. The van der Waals surface area contributed by atoms with Gasteiger partial charge in [0.1, 0.15) is 6.73 Å². The second kappa shape index (κ2) is 24.1. The summed E-state index contributed by atoms with van der Waals surface area (Å²) in [5.41, 5.74) is 2.65. The summed E-state index contributed by atoms with van der Waals surface area (Å²) in [6, 6.07) is 0. The average molecular weight is 413 g/mol. The van der Waals surface area contributed by atoms with Crippen LogP contribution in [0.2, 0.25) is 0 Å². The molecule has 0 heterocycles. The van der Waals surface area contributed by atoms with Crippen LogP contribution in [0.3, 0.4) is 0 Å². The summed E-state index contributed by atoms with van der Waals surface area (Å²) in [6.45, 7) is 6.11. The molecule has 0 aliphatic heterocycles. The normalized spacial score (nSPS) is 11.2. The smallest absolute Gasteiger partial charge is 0.305 e. The number of methoxy groups -OCH3 is 1. The molecule has 11 nitrogen and oxygen atoms in total. The molecule has 0 saturated heterocycles. The topological polar surface area (TPSA) is 123 Å². The van der Waals surface area contributed by atoms with E-state index in [1.54, 1.807) is 7.11 Å². The van der Waals surface area contributed by atoms with Crippen LogP contribution in [0.15, 0.2) is 0 Å². The highest BCUT2D eigenvalue weighted by atomic mass is 16.7. The van der Waals surface area contributed by atoms with Crippen molar-refractivity contribution < 1.29 is 47.9 Å². The highest BCUT2D eigenvalue weighted by Crippen LogP contribution is 1.86. The number of hydrogen-bond donors (Lipinski definition) is 2. The number of nitrogens with one attached hydrogen (secondary N) is 1. The Kier molecular flexibility index (Phi) is 23.4. The van der Waals surface area contributed by atoms with Crippen LogP contribution in [-0.4, -0.2) is 111 Å². The second-order valence-electron chi connectivity index (χ2n) is 5.24. The molecule has 0 aliphatic rings. The molecule has 0 bridgehead atoms. The number of aliphatic carboxylic acids is 1. The van der Waals surface area contributed by atoms with Gasteiger partial charge < -0.3 is 38.3 Å². The van der Waals surface area contributed by atoms with Gasteiger partial charge in [-0.2, -0.15) is 5.48 Å². The monoisotopic (exact) mass is 413 g/mol. The Morgan fingerprint density at radius 3 is 1.50 bits per heavy atom. The van der Waals surface area contributed by atoms with Crippen molar-refractivity contribution in [3.8, 4) is 0 Å². The predicted molar refractivity (Wildman–Crippen MR) is 98.1 cm³/mol.